The molecule has 3 aromatic carbocycles. The molecule has 2 aliphatic heterocycles. The molecule has 0 radical (unpaired) electrons. The lowest BCUT2D eigenvalue weighted by atomic mass is 9.96. The maximum atomic E-state index is 15.2. The number of carbonyl (C=O) groups is 1. The zero-order chi connectivity index (χ0) is 29.1. The molecule has 1 N–H and O–H groups in total. The summed E-state index contributed by atoms with van der Waals surface area (Å²) < 4.78 is 64.4. The minimum absolute atomic E-state index is 0.0100. The Morgan fingerprint density at radius 1 is 1.10 bits per heavy atom. The molecule has 11 heteroatoms. The number of para-hydroxylation sites is 1. The third-order valence-electron chi connectivity index (χ3n) is 7.73. The van der Waals surface area contributed by atoms with Crippen molar-refractivity contribution in [1.29, 1.82) is 0 Å². The van der Waals surface area contributed by atoms with Crippen molar-refractivity contribution in [3.8, 4) is 5.75 Å². The molecule has 0 amide bonds. The highest BCUT2D eigenvalue weighted by atomic mass is 19.4. The van der Waals surface area contributed by atoms with Crippen LogP contribution in [-0.4, -0.2) is 40.2 Å². The van der Waals surface area contributed by atoms with Gasteiger partial charge in [-0.1, -0.05) is 24.3 Å². The fraction of sp³-hybridized carbons (Fsp3) is 0.267. The predicted molar refractivity (Wildman–Crippen MR) is 146 cm³/mol. The molecular weight excluding hydrogens is 540 g/mol. The lowest BCUT2D eigenvalue weighted by Gasteiger charge is -2.43. The Morgan fingerprint density at radius 3 is 2.61 bits per heavy atom. The summed E-state index contributed by atoms with van der Waals surface area (Å²) in [6, 6.07) is 14.3. The number of aromatic nitrogens is 1. The number of ether oxygens (including phenoxy) is 1. The molecule has 0 aliphatic carbocycles. The normalized spacial score (nSPS) is 16.8. The molecule has 4 aromatic rings. The summed E-state index contributed by atoms with van der Waals surface area (Å²) in [6.07, 6.45) is -5.17. The molecule has 0 spiro atoms. The van der Waals surface area contributed by atoms with Crippen molar-refractivity contribution < 1.29 is 32.2 Å². The second-order valence-electron chi connectivity index (χ2n) is 10.2. The van der Waals surface area contributed by atoms with E-state index in [0.29, 0.717) is 19.6 Å². The van der Waals surface area contributed by atoms with Gasteiger partial charge in [-0.25, -0.2) is 9.38 Å². The van der Waals surface area contributed by atoms with Gasteiger partial charge in [-0.3, -0.25) is 4.79 Å². The van der Waals surface area contributed by atoms with Gasteiger partial charge in [0.1, 0.15) is 17.3 Å². The van der Waals surface area contributed by atoms with Crippen LogP contribution in [-0.2, 0) is 24.1 Å². The average Bonchev–Trinajstić information content (AvgIpc) is 3.31. The van der Waals surface area contributed by atoms with E-state index in [1.54, 1.807) is 6.07 Å². The highest BCUT2D eigenvalue weighted by Gasteiger charge is 2.40. The number of nitrogens with zero attached hydrogens (tertiary/aromatic N) is 4. The number of carboxylic acids is 1. The first-order valence-electron chi connectivity index (χ1n) is 13.0. The van der Waals surface area contributed by atoms with Gasteiger partial charge in [-0.15, -0.1) is 0 Å². The Kier molecular flexibility index (Phi) is 6.39. The summed E-state index contributed by atoms with van der Waals surface area (Å²) in [5.41, 5.74) is 2.43. The van der Waals surface area contributed by atoms with Gasteiger partial charge in [0.2, 0.25) is 5.96 Å². The van der Waals surface area contributed by atoms with Gasteiger partial charge < -0.3 is 24.2 Å². The van der Waals surface area contributed by atoms with Crippen molar-refractivity contribution in [1.82, 2.24) is 9.47 Å². The molecule has 3 heterocycles. The van der Waals surface area contributed by atoms with Crippen molar-refractivity contribution in [2.75, 3.05) is 18.6 Å². The van der Waals surface area contributed by atoms with E-state index in [1.165, 1.54) is 30.2 Å². The third-order valence-corrected chi connectivity index (χ3v) is 7.73. The van der Waals surface area contributed by atoms with E-state index < -0.39 is 36.0 Å². The van der Waals surface area contributed by atoms with Crippen LogP contribution in [0.5, 0.6) is 5.75 Å². The second kappa shape index (κ2) is 9.83. The molecular formula is C30H26F4N4O3. The van der Waals surface area contributed by atoms with Gasteiger partial charge in [0.05, 0.1) is 37.4 Å². The fourth-order valence-electron chi connectivity index (χ4n) is 5.82. The number of aliphatic imine (C=N–C) groups is 1. The smallest absolute Gasteiger partial charge is 0.416 e. The van der Waals surface area contributed by atoms with Crippen molar-refractivity contribution in [3.63, 3.8) is 0 Å². The van der Waals surface area contributed by atoms with Gasteiger partial charge in [-0.2, -0.15) is 13.2 Å². The molecule has 1 aromatic heterocycles. The Hall–Kier alpha value is -4.54. The first kappa shape index (κ1) is 26.7. The Labute approximate surface area is 232 Å². The number of anilines is 1. The molecule has 6 rings (SSSR count). The number of guanidine groups is 1. The number of aryl methyl sites for hydroxylation is 1. The molecule has 0 bridgehead atoms. The van der Waals surface area contributed by atoms with Crippen molar-refractivity contribution in [2.45, 2.75) is 38.7 Å². The Morgan fingerprint density at radius 2 is 1.88 bits per heavy atom. The first-order chi connectivity index (χ1) is 19.6. The van der Waals surface area contributed by atoms with Crippen molar-refractivity contribution in [3.05, 3.63) is 88.9 Å². The highest BCUT2D eigenvalue weighted by Crippen LogP contribution is 2.46. The van der Waals surface area contributed by atoms with Crippen LogP contribution in [0.4, 0.5) is 28.9 Å². The Bertz CT molecular complexity index is 1710. The second-order valence-corrected chi connectivity index (χ2v) is 10.2. The summed E-state index contributed by atoms with van der Waals surface area (Å²) in [6.45, 7) is 3.30. The van der Waals surface area contributed by atoms with E-state index in [4.69, 9.17) is 4.74 Å². The fourth-order valence-corrected chi connectivity index (χ4v) is 5.82. The van der Waals surface area contributed by atoms with Gasteiger partial charge in [0, 0.05) is 35.2 Å². The number of hydrogen-bond donors (Lipinski definition) is 1. The summed E-state index contributed by atoms with van der Waals surface area (Å²) in [7, 11) is 1.33. The monoisotopic (exact) mass is 566 g/mol. The lowest BCUT2D eigenvalue weighted by molar-refractivity contribution is -0.138. The molecule has 1 atom stereocenters. The van der Waals surface area contributed by atoms with Crippen LogP contribution in [0.25, 0.3) is 10.9 Å². The lowest BCUT2D eigenvalue weighted by Crippen LogP contribution is -2.50. The van der Waals surface area contributed by atoms with Crippen LogP contribution in [0, 0.1) is 12.7 Å². The van der Waals surface area contributed by atoms with Gasteiger partial charge in [-0.05, 0) is 48.9 Å². The number of benzene rings is 3. The summed E-state index contributed by atoms with van der Waals surface area (Å²) in [4.78, 5) is 20.1. The van der Waals surface area contributed by atoms with E-state index in [1.807, 2.05) is 30.0 Å². The quantitative estimate of drug-likeness (QED) is 0.280. The number of aliphatic carboxylic acids is 1. The number of alkyl halides is 3. The summed E-state index contributed by atoms with van der Waals surface area (Å²) >= 11 is 0. The van der Waals surface area contributed by atoms with E-state index in [0.717, 1.165) is 34.3 Å². The topological polar surface area (TPSA) is 70.3 Å². The number of fused-ring (bicyclic) bond motifs is 4. The van der Waals surface area contributed by atoms with Gasteiger partial charge in [0.25, 0.3) is 0 Å². The maximum absolute atomic E-state index is 15.2. The van der Waals surface area contributed by atoms with E-state index in [-0.39, 0.29) is 28.6 Å². The maximum Gasteiger partial charge on any atom is 0.416 e. The number of hydrogen-bond acceptors (Lipinski definition) is 5. The molecule has 0 saturated carbocycles. The molecule has 0 fully saturated rings. The number of rotatable bonds is 4. The molecule has 212 valence electrons. The standard InChI is InChI=1S/C30H26F4N4O3/c1-17-5-3-8-23-21(17)14-19-16-36(11-12-37(19)23)29-35-28-20(6-4-7-22(28)31)24(15-27(39)40)38(29)25-13-18(30(32,33)34)9-10-26(25)41-2/h3-10,13-14,24H,11-12,15-16H2,1-2H3,(H,39,40). The average molecular weight is 567 g/mol. The van der Waals surface area contributed by atoms with Crippen LogP contribution in [0.15, 0.2) is 65.7 Å². The van der Waals surface area contributed by atoms with Crippen LogP contribution in [0.2, 0.25) is 0 Å². The minimum atomic E-state index is -4.66. The number of carboxylic acid groups (broad SMARTS) is 1. The van der Waals surface area contributed by atoms with Crippen molar-refractivity contribution in [2.24, 2.45) is 4.99 Å². The highest BCUT2D eigenvalue weighted by molar-refractivity contribution is 6.02. The zero-order valence-corrected chi connectivity index (χ0v) is 22.2. The molecule has 7 nitrogen and oxygen atoms in total. The predicted octanol–water partition coefficient (Wildman–Crippen LogP) is 6.66. The zero-order valence-electron chi connectivity index (χ0n) is 22.2. The third kappa shape index (κ3) is 4.55. The summed E-state index contributed by atoms with van der Waals surface area (Å²) in [5, 5.41) is 11.0. The Balaban J connectivity index is 1.55. The largest absolute Gasteiger partial charge is 0.495 e. The van der Waals surface area contributed by atoms with E-state index in [9.17, 15) is 23.1 Å². The molecule has 2 aliphatic rings. The van der Waals surface area contributed by atoms with Crippen LogP contribution in [0.3, 0.4) is 0 Å². The van der Waals surface area contributed by atoms with E-state index >= 15 is 4.39 Å². The van der Waals surface area contributed by atoms with Crippen LogP contribution in [0.1, 0.15) is 34.8 Å². The number of halogens is 4. The molecule has 41 heavy (non-hydrogen) atoms. The minimum Gasteiger partial charge on any atom is -0.495 e. The molecule has 0 saturated heterocycles. The molecule has 1 unspecified atom stereocenters. The van der Waals surface area contributed by atoms with Gasteiger partial charge in [0.15, 0.2) is 0 Å². The van der Waals surface area contributed by atoms with Crippen molar-refractivity contribution >= 4 is 34.2 Å². The summed E-state index contributed by atoms with van der Waals surface area (Å²) in [5.74, 6) is -1.59. The van der Waals surface area contributed by atoms with Crippen LogP contribution >= 0.6 is 0 Å². The first-order valence-corrected chi connectivity index (χ1v) is 13.0. The van der Waals surface area contributed by atoms with Gasteiger partial charge >= 0.3 is 12.1 Å². The number of methoxy groups -OCH3 is 1. The van der Waals surface area contributed by atoms with Crippen LogP contribution < -0.4 is 9.64 Å². The SMILES string of the molecule is COc1ccc(C(F)(F)F)cc1N1C(N2CCn3c(cc4c(C)cccc43)C2)=Nc2c(F)cccc2C1CC(=O)O. The van der Waals surface area contributed by atoms with E-state index in [2.05, 4.69) is 15.6 Å².